The highest BCUT2D eigenvalue weighted by molar-refractivity contribution is 5.76. The molecule has 1 aliphatic rings. The SMILES string of the molecule is CC(C)(C)CC(O)CNCCC(=O)NC1CC1. The number of hydrogen-bond donors (Lipinski definition) is 3. The number of rotatable bonds is 7. The number of carbonyl (C=O) groups is 1. The second-order valence-corrected chi connectivity index (χ2v) is 6.21. The third-order valence-corrected chi connectivity index (χ3v) is 2.70. The Morgan fingerprint density at radius 3 is 2.59 bits per heavy atom. The Morgan fingerprint density at radius 1 is 1.41 bits per heavy atom. The number of aliphatic hydroxyl groups is 1. The molecule has 0 aliphatic heterocycles. The molecule has 1 amide bonds. The maximum atomic E-state index is 11.4. The normalized spacial score (nSPS) is 17.9. The van der Waals surface area contributed by atoms with Crippen LogP contribution in [0.3, 0.4) is 0 Å². The molecule has 17 heavy (non-hydrogen) atoms. The van der Waals surface area contributed by atoms with Gasteiger partial charge in [0, 0.05) is 25.6 Å². The molecular formula is C13H26N2O2. The van der Waals surface area contributed by atoms with Crippen molar-refractivity contribution in [2.45, 2.75) is 58.6 Å². The lowest BCUT2D eigenvalue weighted by Gasteiger charge is -2.22. The van der Waals surface area contributed by atoms with Crippen molar-refractivity contribution in [1.82, 2.24) is 10.6 Å². The summed E-state index contributed by atoms with van der Waals surface area (Å²) in [5.74, 6) is 0.116. The first-order chi connectivity index (χ1) is 7.87. The summed E-state index contributed by atoms with van der Waals surface area (Å²) in [6.07, 6.45) is 3.20. The van der Waals surface area contributed by atoms with Crippen LogP contribution in [0.4, 0.5) is 0 Å². The quantitative estimate of drug-likeness (QED) is 0.585. The maximum absolute atomic E-state index is 11.4. The van der Waals surface area contributed by atoms with Gasteiger partial charge in [-0.15, -0.1) is 0 Å². The van der Waals surface area contributed by atoms with Crippen molar-refractivity contribution in [1.29, 1.82) is 0 Å². The molecule has 0 aromatic carbocycles. The molecule has 4 heteroatoms. The molecule has 0 heterocycles. The highest BCUT2D eigenvalue weighted by Gasteiger charge is 2.22. The van der Waals surface area contributed by atoms with Crippen LogP contribution in [0.5, 0.6) is 0 Å². The van der Waals surface area contributed by atoms with Crippen LogP contribution in [0.15, 0.2) is 0 Å². The van der Waals surface area contributed by atoms with Crippen molar-refractivity contribution < 1.29 is 9.90 Å². The van der Waals surface area contributed by atoms with Crippen molar-refractivity contribution in [3.8, 4) is 0 Å². The van der Waals surface area contributed by atoms with Crippen LogP contribution >= 0.6 is 0 Å². The molecule has 1 unspecified atom stereocenters. The first kappa shape index (κ1) is 14.5. The molecule has 0 aromatic heterocycles. The van der Waals surface area contributed by atoms with Crippen LogP contribution in [0.25, 0.3) is 0 Å². The van der Waals surface area contributed by atoms with E-state index < -0.39 is 0 Å². The molecule has 1 atom stereocenters. The minimum Gasteiger partial charge on any atom is -0.392 e. The Balaban J connectivity index is 1.97. The summed E-state index contributed by atoms with van der Waals surface area (Å²) in [5.41, 5.74) is 0.143. The van der Waals surface area contributed by atoms with Gasteiger partial charge in [-0.1, -0.05) is 20.8 Å². The number of nitrogens with one attached hydrogen (secondary N) is 2. The maximum Gasteiger partial charge on any atom is 0.221 e. The van der Waals surface area contributed by atoms with Gasteiger partial charge < -0.3 is 15.7 Å². The van der Waals surface area contributed by atoms with Gasteiger partial charge in [-0.25, -0.2) is 0 Å². The standard InChI is InChI=1S/C13H26N2O2/c1-13(2,3)8-11(16)9-14-7-6-12(17)15-10-4-5-10/h10-11,14,16H,4-9H2,1-3H3,(H,15,17). The van der Waals surface area contributed by atoms with E-state index in [9.17, 15) is 9.90 Å². The van der Waals surface area contributed by atoms with Gasteiger partial charge in [-0.2, -0.15) is 0 Å². The Kier molecular flexibility index (Phi) is 5.40. The van der Waals surface area contributed by atoms with Crippen LogP contribution < -0.4 is 10.6 Å². The predicted molar refractivity (Wildman–Crippen MR) is 68.7 cm³/mol. The summed E-state index contributed by atoms with van der Waals surface area (Å²) >= 11 is 0. The average Bonchev–Trinajstić information content (AvgIpc) is 2.93. The smallest absolute Gasteiger partial charge is 0.221 e. The van der Waals surface area contributed by atoms with Crippen molar-refractivity contribution in [3.05, 3.63) is 0 Å². The number of carbonyl (C=O) groups excluding carboxylic acids is 1. The molecule has 0 saturated heterocycles. The predicted octanol–water partition coefficient (Wildman–Crippen LogP) is 1.04. The van der Waals surface area contributed by atoms with E-state index in [0.29, 0.717) is 25.6 Å². The molecule has 0 spiro atoms. The van der Waals surface area contributed by atoms with Gasteiger partial charge in [-0.3, -0.25) is 4.79 Å². The monoisotopic (exact) mass is 242 g/mol. The van der Waals surface area contributed by atoms with Gasteiger partial charge in [0.25, 0.3) is 0 Å². The molecule has 0 radical (unpaired) electrons. The van der Waals surface area contributed by atoms with Crippen molar-refractivity contribution >= 4 is 5.91 Å². The van der Waals surface area contributed by atoms with Gasteiger partial charge in [0.2, 0.25) is 5.91 Å². The topological polar surface area (TPSA) is 61.4 Å². The Morgan fingerprint density at radius 2 is 2.06 bits per heavy atom. The third-order valence-electron chi connectivity index (χ3n) is 2.70. The molecule has 1 fully saturated rings. The largest absolute Gasteiger partial charge is 0.392 e. The minimum atomic E-state index is -0.332. The molecule has 0 aromatic rings. The van der Waals surface area contributed by atoms with Gasteiger partial charge in [0.15, 0.2) is 0 Å². The van der Waals surface area contributed by atoms with E-state index in [1.807, 2.05) is 0 Å². The molecule has 3 N–H and O–H groups in total. The highest BCUT2D eigenvalue weighted by Crippen LogP contribution is 2.20. The van der Waals surface area contributed by atoms with E-state index in [4.69, 9.17) is 0 Å². The van der Waals surface area contributed by atoms with Gasteiger partial charge in [-0.05, 0) is 24.7 Å². The van der Waals surface area contributed by atoms with E-state index >= 15 is 0 Å². The molecule has 100 valence electrons. The summed E-state index contributed by atoms with van der Waals surface area (Å²) in [5, 5.41) is 15.8. The zero-order valence-electron chi connectivity index (χ0n) is 11.3. The first-order valence-corrected chi connectivity index (χ1v) is 6.55. The van der Waals surface area contributed by atoms with Crippen LogP contribution in [0.1, 0.15) is 46.5 Å². The lowest BCUT2D eigenvalue weighted by molar-refractivity contribution is -0.121. The number of amides is 1. The summed E-state index contributed by atoms with van der Waals surface area (Å²) in [6.45, 7) is 7.53. The lowest BCUT2D eigenvalue weighted by atomic mass is 9.89. The molecule has 1 aliphatic carbocycles. The van der Waals surface area contributed by atoms with E-state index in [-0.39, 0.29) is 17.4 Å². The second kappa shape index (κ2) is 6.36. The van der Waals surface area contributed by atoms with Crippen LogP contribution in [-0.4, -0.2) is 36.2 Å². The van der Waals surface area contributed by atoms with Crippen molar-refractivity contribution in [2.24, 2.45) is 5.41 Å². The molecule has 1 rings (SSSR count). The van der Waals surface area contributed by atoms with Crippen molar-refractivity contribution in [2.75, 3.05) is 13.1 Å². The summed E-state index contributed by atoms with van der Waals surface area (Å²) in [4.78, 5) is 11.4. The Hall–Kier alpha value is -0.610. The van der Waals surface area contributed by atoms with Gasteiger partial charge in [0.1, 0.15) is 0 Å². The number of aliphatic hydroxyl groups excluding tert-OH is 1. The fourth-order valence-electron chi connectivity index (χ4n) is 1.78. The summed E-state index contributed by atoms with van der Waals surface area (Å²) < 4.78 is 0. The fourth-order valence-corrected chi connectivity index (χ4v) is 1.78. The molecular weight excluding hydrogens is 216 g/mol. The molecule has 1 saturated carbocycles. The zero-order chi connectivity index (χ0) is 12.9. The fraction of sp³-hybridized carbons (Fsp3) is 0.923. The van der Waals surface area contributed by atoms with Crippen LogP contribution in [0, 0.1) is 5.41 Å². The minimum absolute atomic E-state index is 0.116. The summed E-state index contributed by atoms with van der Waals surface area (Å²) in [7, 11) is 0. The van der Waals surface area contributed by atoms with Crippen LogP contribution in [-0.2, 0) is 4.79 Å². The van der Waals surface area contributed by atoms with Gasteiger partial charge in [0.05, 0.1) is 6.10 Å². The second-order valence-electron chi connectivity index (χ2n) is 6.21. The van der Waals surface area contributed by atoms with E-state index in [0.717, 1.165) is 19.3 Å². The third kappa shape index (κ3) is 8.16. The van der Waals surface area contributed by atoms with Gasteiger partial charge >= 0.3 is 0 Å². The first-order valence-electron chi connectivity index (χ1n) is 6.55. The Labute approximate surface area is 104 Å². The number of hydrogen-bond acceptors (Lipinski definition) is 3. The Bertz CT molecular complexity index is 244. The van der Waals surface area contributed by atoms with Crippen LogP contribution in [0.2, 0.25) is 0 Å². The van der Waals surface area contributed by atoms with E-state index in [1.54, 1.807) is 0 Å². The molecule has 0 bridgehead atoms. The summed E-state index contributed by atoms with van der Waals surface area (Å²) in [6, 6.07) is 0.439. The zero-order valence-corrected chi connectivity index (χ0v) is 11.3. The average molecular weight is 242 g/mol. The van der Waals surface area contributed by atoms with E-state index in [2.05, 4.69) is 31.4 Å². The molecule has 4 nitrogen and oxygen atoms in total. The highest BCUT2D eigenvalue weighted by atomic mass is 16.3. The van der Waals surface area contributed by atoms with Crippen molar-refractivity contribution in [3.63, 3.8) is 0 Å². The van der Waals surface area contributed by atoms with E-state index in [1.165, 1.54) is 0 Å². The lowest BCUT2D eigenvalue weighted by Crippen LogP contribution is -2.33.